The van der Waals surface area contributed by atoms with Gasteiger partial charge in [0.25, 0.3) is 5.56 Å². The van der Waals surface area contributed by atoms with Crippen LogP contribution in [0.25, 0.3) is 5.69 Å². The van der Waals surface area contributed by atoms with E-state index in [1.807, 2.05) is 0 Å². The first kappa shape index (κ1) is 19.7. The SMILES string of the molecule is CC(C(N)=O)c1cc(-n2c(=O)cc(C(F)(F)F)n(C)c2=O)c(F)cc1Cl. The molecule has 2 rings (SSSR count). The molecule has 0 aliphatic rings. The summed E-state index contributed by atoms with van der Waals surface area (Å²) in [6, 6.07) is 1.85. The molecule has 11 heteroatoms. The molecule has 0 radical (unpaired) electrons. The van der Waals surface area contributed by atoms with E-state index in [1.165, 1.54) is 6.92 Å². The monoisotopic (exact) mass is 393 g/mol. The molecule has 1 aromatic heterocycles. The number of carbonyl (C=O) groups excluding carboxylic acids is 1. The van der Waals surface area contributed by atoms with Crippen molar-refractivity contribution in [2.75, 3.05) is 0 Å². The number of primary amides is 1. The van der Waals surface area contributed by atoms with Gasteiger partial charge in [0, 0.05) is 18.1 Å². The minimum Gasteiger partial charge on any atom is -0.369 e. The fourth-order valence-electron chi connectivity index (χ4n) is 2.33. The van der Waals surface area contributed by atoms with Gasteiger partial charge in [-0.15, -0.1) is 0 Å². The second kappa shape index (κ2) is 6.60. The van der Waals surface area contributed by atoms with Crippen LogP contribution in [-0.4, -0.2) is 15.0 Å². The summed E-state index contributed by atoms with van der Waals surface area (Å²) in [6.07, 6.45) is -4.95. The standard InChI is InChI=1S/C15H12ClF4N3O3/c1-6(13(21)25)7-3-10(9(17)4-8(7)16)23-12(24)5-11(15(18,19)20)22(2)14(23)26/h3-6H,1-2H3,(H2,21,25). The summed E-state index contributed by atoms with van der Waals surface area (Å²) in [5.74, 6) is -2.93. The molecule has 2 aromatic rings. The van der Waals surface area contributed by atoms with Gasteiger partial charge in [-0.25, -0.2) is 13.8 Å². The lowest BCUT2D eigenvalue weighted by atomic mass is 9.99. The molecule has 1 unspecified atom stereocenters. The number of carbonyl (C=O) groups is 1. The number of hydrogen-bond acceptors (Lipinski definition) is 3. The van der Waals surface area contributed by atoms with E-state index in [-0.39, 0.29) is 25.8 Å². The van der Waals surface area contributed by atoms with Crippen LogP contribution in [0, 0.1) is 5.82 Å². The molecular weight excluding hydrogens is 382 g/mol. The Balaban J connectivity index is 2.84. The molecule has 1 aromatic carbocycles. The quantitative estimate of drug-likeness (QED) is 0.808. The summed E-state index contributed by atoms with van der Waals surface area (Å²) in [5, 5.41) is -0.186. The third-order valence-corrected chi connectivity index (χ3v) is 4.14. The fourth-order valence-corrected chi connectivity index (χ4v) is 2.64. The van der Waals surface area contributed by atoms with Gasteiger partial charge in [0.1, 0.15) is 11.5 Å². The fraction of sp³-hybridized carbons (Fsp3) is 0.267. The highest BCUT2D eigenvalue weighted by atomic mass is 35.5. The number of hydrogen-bond donors (Lipinski definition) is 1. The Morgan fingerprint density at radius 2 is 1.81 bits per heavy atom. The maximum Gasteiger partial charge on any atom is 0.431 e. The van der Waals surface area contributed by atoms with Crippen molar-refractivity contribution in [3.8, 4) is 5.69 Å². The Labute approximate surface area is 148 Å². The van der Waals surface area contributed by atoms with Gasteiger partial charge < -0.3 is 5.73 Å². The van der Waals surface area contributed by atoms with E-state index in [2.05, 4.69) is 0 Å². The van der Waals surface area contributed by atoms with E-state index in [9.17, 15) is 31.9 Å². The summed E-state index contributed by atoms with van der Waals surface area (Å²) in [4.78, 5) is 35.7. The molecule has 1 amide bonds. The number of aromatic nitrogens is 2. The number of alkyl halides is 3. The molecule has 0 spiro atoms. The van der Waals surface area contributed by atoms with Crippen LogP contribution in [0.4, 0.5) is 17.6 Å². The van der Waals surface area contributed by atoms with E-state index in [0.29, 0.717) is 0 Å². The van der Waals surface area contributed by atoms with Crippen molar-refractivity contribution < 1.29 is 22.4 Å². The lowest BCUT2D eigenvalue weighted by molar-refractivity contribution is -0.144. The first-order chi connectivity index (χ1) is 11.9. The third-order valence-electron chi connectivity index (χ3n) is 3.81. The maximum atomic E-state index is 14.3. The first-order valence-corrected chi connectivity index (χ1v) is 7.43. The first-order valence-electron chi connectivity index (χ1n) is 7.05. The van der Waals surface area contributed by atoms with Gasteiger partial charge in [0.15, 0.2) is 0 Å². The molecule has 1 atom stereocenters. The number of rotatable bonds is 3. The van der Waals surface area contributed by atoms with Crippen LogP contribution in [0.2, 0.25) is 5.02 Å². The van der Waals surface area contributed by atoms with Crippen molar-refractivity contribution in [2.45, 2.75) is 19.0 Å². The molecule has 0 saturated heterocycles. The highest BCUT2D eigenvalue weighted by molar-refractivity contribution is 6.31. The van der Waals surface area contributed by atoms with Crippen LogP contribution in [0.1, 0.15) is 24.1 Å². The zero-order chi connectivity index (χ0) is 20.0. The average Bonchev–Trinajstić information content (AvgIpc) is 2.51. The lowest BCUT2D eigenvalue weighted by Crippen LogP contribution is -2.41. The topological polar surface area (TPSA) is 87.1 Å². The van der Waals surface area contributed by atoms with Crippen LogP contribution in [0.5, 0.6) is 0 Å². The van der Waals surface area contributed by atoms with Crippen molar-refractivity contribution in [1.29, 1.82) is 0 Å². The second-order valence-corrected chi connectivity index (χ2v) is 5.90. The largest absolute Gasteiger partial charge is 0.431 e. The van der Waals surface area contributed by atoms with E-state index in [4.69, 9.17) is 17.3 Å². The number of nitrogens with two attached hydrogens (primary N) is 1. The Morgan fingerprint density at radius 3 is 2.31 bits per heavy atom. The van der Waals surface area contributed by atoms with Crippen LogP contribution in [0.3, 0.4) is 0 Å². The maximum absolute atomic E-state index is 14.3. The Bertz CT molecular complexity index is 1010. The van der Waals surface area contributed by atoms with Crippen molar-refractivity contribution in [3.63, 3.8) is 0 Å². The van der Waals surface area contributed by atoms with E-state index >= 15 is 0 Å². The predicted octanol–water partition coefficient (Wildman–Crippen LogP) is 1.94. The van der Waals surface area contributed by atoms with Gasteiger partial charge in [0.2, 0.25) is 5.91 Å². The molecule has 0 bridgehead atoms. The molecule has 140 valence electrons. The van der Waals surface area contributed by atoms with Crippen LogP contribution < -0.4 is 17.0 Å². The zero-order valence-electron chi connectivity index (χ0n) is 13.4. The van der Waals surface area contributed by atoms with Gasteiger partial charge in [-0.05, 0) is 24.6 Å². The van der Waals surface area contributed by atoms with Crippen molar-refractivity contribution >= 4 is 17.5 Å². The molecule has 6 nitrogen and oxygen atoms in total. The van der Waals surface area contributed by atoms with E-state index in [1.54, 1.807) is 0 Å². The second-order valence-electron chi connectivity index (χ2n) is 5.49. The van der Waals surface area contributed by atoms with Crippen molar-refractivity contribution in [1.82, 2.24) is 9.13 Å². The Hall–Kier alpha value is -2.62. The molecular formula is C15H12ClF4N3O3. The lowest BCUT2D eigenvalue weighted by Gasteiger charge is -2.16. The average molecular weight is 394 g/mol. The van der Waals surface area contributed by atoms with Gasteiger partial charge in [-0.3, -0.25) is 14.2 Å². The summed E-state index contributed by atoms with van der Waals surface area (Å²) in [5.41, 5.74) is 0.256. The Morgan fingerprint density at radius 1 is 1.23 bits per heavy atom. The molecule has 0 aliphatic carbocycles. The smallest absolute Gasteiger partial charge is 0.369 e. The Kier molecular flexibility index (Phi) is 5.00. The van der Waals surface area contributed by atoms with Crippen LogP contribution in [0.15, 0.2) is 27.8 Å². The highest BCUT2D eigenvalue weighted by Crippen LogP contribution is 2.29. The van der Waals surface area contributed by atoms with E-state index in [0.717, 1.165) is 19.2 Å². The van der Waals surface area contributed by atoms with Gasteiger partial charge in [-0.1, -0.05) is 11.6 Å². The molecule has 1 heterocycles. The molecule has 0 fully saturated rings. The molecule has 2 N–H and O–H groups in total. The van der Waals surface area contributed by atoms with Gasteiger partial charge in [-0.2, -0.15) is 13.2 Å². The third kappa shape index (κ3) is 3.36. The number of nitrogens with zero attached hydrogens (tertiary/aromatic N) is 2. The van der Waals surface area contributed by atoms with Crippen LogP contribution >= 0.6 is 11.6 Å². The summed E-state index contributed by atoms with van der Waals surface area (Å²) in [7, 11) is 0.794. The highest BCUT2D eigenvalue weighted by Gasteiger charge is 2.35. The minimum absolute atomic E-state index is 0.0180. The van der Waals surface area contributed by atoms with Gasteiger partial charge in [0.05, 0.1) is 11.6 Å². The van der Waals surface area contributed by atoms with Crippen molar-refractivity contribution in [3.05, 3.63) is 61.1 Å². The number of halogens is 5. The normalized spacial score (nSPS) is 12.9. The molecule has 0 aliphatic heterocycles. The predicted molar refractivity (Wildman–Crippen MR) is 84.9 cm³/mol. The molecule has 26 heavy (non-hydrogen) atoms. The van der Waals surface area contributed by atoms with Crippen molar-refractivity contribution in [2.24, 2.45) is 12.8 Å². The van der Waals surface area contributed by atoms with Crippen LogP contribution in [-0.2, 0) is 18.0 Å². The van der Waals surface area contributed by atoms with Gasteiger partial charge >= 0.3 is 11.9 Å². The number of benzene rings is 1. The minimum atomic E-state index is -4.95. The number of amides is 1. The summed E-state index contributed by atoms with van der Waals surface area (Å²) >= 11 is 5.86. The van der Waals surface area contributed by atoms with E-state index < -0.39 is 46.4 Å². The molecule has 0 saturated carbocycles. The summed E-state index contributed by atoms with van der Waals surface area (Å²) in [6.45, 7) is 1.36. The summed E-state index contributed by atoms with van der Waals surface area (Å²) < 4.78 is 53.3. The zero-order valence-corrected chi connectivity index (χ0v) is 14.2.